The first-order chi connectivity index (χ1) is 12.6. The predicted molar refractivity (Wildman–Crippen MR) is 108 cm³/mol. The van der Waals surface area contributed by atoms with E-state index in [0.29, 0.717) is 22.5 Å². The third kappa shape index (κ3) is 5.72. The van der Waals surface area contributed by atoms with E-state index in [9.17, 15) is 4.79 Å². The van der Waals surface area contributed by atoms with E-state index in [0.717, 1.165) is 15.6 Å². The van der Waals surface area contributed by atoms with E-state index in [4.69, 9.17) is 11.6 Å². The first-order valence-electron chi connectivity index (χ1n) is 7.89. The lowest BCUT2D eigenvalue weighted by Gasteiger charge is -2.04. The molecule has 0 atom stereocenters. The summed E-state index contributed by atoms with van der Waals surface area (Å²) in [6, 6.07) is 15.5. The van der Waals surface area contributed by atoms with Crippen molar-refractivity contribution in [3.8, 4) is 0 Å². The van der Waals surface area contributed by atoms with Crippen LogP contribution in [0.3, 0.4) is 0 Å². The highest BCUT2D eigenvalue weighted by Gasteiger charge is 2.08. The Balaban J connectivity index is 1.45. The summed E-state index contributed by atoms with van der Waals surface area (Å²) in [5, 5.41) is 15.7. The highest BCUT2D eigenvalue weighted by atomic mass is 35.5. The molecule has 1 heterocycles. The Kier molecular flexibility index (Phi) is 6.49. The molecule has 0 aliphatic rings. The van der Waals surface area contributed by atoms with E-state index in [1.807, 2.05) is 49.4 Å². The molecule has 2 aromatic carbocycles. The van der Waals surface area contributed by atoms with E-state index < -0.39 is 0 Å². The third-order valence-electron chi connectivity index (χ3n) is 3.41. The summed E-state index contributed by atoms with van der Waals surface area (Å²) in [7, 11) is 0. The summed E-state index contributed by atoms with van der Waals surface area (Å²) < 4.78 is 0.748. The van der Waals surface area contributed by atoms with Gasteiger partial charge in [0.15, 0.2) is 4.34 Å². The van der Waals surface area contributed by atoms with Crippen molar-refractivity contribution < 1.29 is 4.79 Å². The fourth-order valence-corrected chi connectivity index (χ4v) is 3.92. The van der Waals surface area contributed by atoms with Gasteiger partial charge in [0.2, 0.25) is 11.0 Å². The molecule has 5 nitrogen and oxygen atoms in total. The molecule has 0 aliphatic heterocycles. The Labute approximate surface area is 165 Å². The first-order valence-corrected chi connectivity index (χ1v) is 10.1. The fraction of sp³-hybridized carbons (Fsp3) is 0.167. The van der Waals surface area contributed by atoms with Crippen molar-refractivity contribution in [3.05, 3.63) is 64.7 Å². The average molecular weight is 405 g/mol. The maximum absolute atomic E-state index is 12.0. The first kappa shape index (κ1) is 18.7. The zero-order valence-electron chi connectivity index (χ0n) is 14.0. The molecule has 1 amide bonds. The van der Waals surface area contributed by atoms with Gasteiger partial charge >= 0.3 is 0 Å². The van der Waals surface area contributed by atoms with Gasteiger partial charge in [-0.05, 0) is 36.8 Å². The third-order valence-corrected chi connectivity index (χ3v) is 5.62. The minimum absolute atomic E-state index is 0.0572. The molecule has 0 bridgehead atoms. The van der Waals surface area contributed by atoms with Crippen molar-refractivity contribution in [1.82, 2.24) is 15.5 Å². The quantitative estimate of drug-likeness (QED) is 0.561. The number of carbonyl (C=O) groups is 1. The van der Waals surface area contributed by atoms with Crippen LogP contribution in [0.5, 0.6) is 0 Å². The van der Waals surface area contributed by atoms with Crippen LogP contribution in [0.25, 0.3) is 0 Å². The zero-order chi connectivity index (χ0) is 18.4. The summed E-state index contributed by atoms with van der Waals surface area (Å²) in [6.45, 7) is 2.50. The van der Waals surface area contributed by atoms with Gasteiger partial charge in [-0.2, -0.15) is 0 Å². The standard InChI is InChI=1S/C18H17ClN4OS2/c1-12-5-7-15(8-6-12)21-17-22-23-18(26-17)25-11-16(24)20-10-13-3-2-4-14(19)9-13/h2-9H,10-11H2,1H3,(H,20,24)(H,21,22). The van der Waals surface area contributed by atoms with Crippen LogP contribution in [-0.2, 0) is 11.3 Å². The molecule has 0 saturated carbocycles. The number of anilines is 2. The number of carbonyl (C=O) groups excluding carboxylic acids is 1. The van der Waals surface area contributed by atoms with E-state index in [1.165, 1.54) is 28.7 Å². The summed E-state index contributed by atoms with van der Waals surface area (Å²) in [4.78, 5) is 12.0. The fourth-order valence-electron chi connectivity index (χ4n) is 2.10. The second kappa shape index (κ2) is 9.02. The van der Waals surface area contributed by atoms with Crippen LogP contribution in [0.2, 0.25) is 5.02 Å². The average Bonchev–Trinajstić information content (AvgIpc) is 3.08. The molecule has 0 radical (unpaired) electrons. The number of thioether (sulfide) groups is 1. The Hall–Kier alpha value is -2.09. The normalized spacial score (nSPS) is 10.5. The van der Waals surface area contributed by atoms with Crippen LogP contribution >= 0.6 is 34.7 Å². The number of nitrogens with one attached hydrogen (secondary N) is 2. The van der Waals surface area contributed by atoms with Gasteiger partial charge in [-0.1, -0.05) is 64.5 Å². The van der Waals surface area contributed by atoms with Gasteiger partial charge in [-0.3, -0.25) is 4.79 Å². The molecule has 1 aromatic heterocycles. The molecule has 0 unspecified atom stereocenters. The van der Waals surface area contributed by atoms with Crippen LogP contribution < -0.4 is 10.6 Å². The number of rotatable bonds is 7. The number of benzene rings is 2. The van der Waals surface area contributed by atoms with Crippen LogP contribution in [0.1, 0.15) is 11.1 Å². The van der Waals surface area contributed by atoms with Crippen molar-refractivity contribution >= 4 is 51.4 Å². The van der Waals surface area contributed by atoms with Crippen molar-refractivity contribution in [3.63, 3.8) is 0 Å². The van der Waals surface area contributed by atoms with Crippen LogP contribution in [0.4, 0.5) is 10.8 Å². The van der Waals surface area contributed by atoms with Crippen LogP contribution in [0.15, 0.2) is 52.9 Å². The maximum Gasteiger partial charge on any atom is 0.230 e. The van der Waals surface area contributed by atoms with Gasteiger partial charge < -0.3 is 10.6 Å². The van der Waals surface area contributed by atoms with E-state index in [2.05, 4.69) is 20.8 Å². The molecule has 3 rings (SSSR count). The van der Waals surface area contributed by atoms with Gasteiger partial charge in [0.05, 0.1) is 5.75 Å². The maximum atomic E-state index is 12.0. The summed E-state index contributed by atoms with van der Waals surface area (Å²) in [5.41, 5.74) is 3.13. The van der Waals surface area contributed by atoms with Crippen LogP contribution in [0, 0.1) is 6.92 Å². The van der Waals surface area contributed by atoms with Gasteiger partial charge in [0.25, 0.3) is 0 Å². The molecular formula is C18H17ClN4OS2. The topological polar surface area (TPSA) is 66.9 Å². The molecule has 2 N–H and O–H groups in total. The number of hydrogen-bond donors (Lipinski definition) is 2. The van der Waals surface area contributed by atoms with Gasteiger partial charge in [-0.25, -0.2) is 0 Å². The lowest BCUT2D eigenvalue weighted by atomic mass is 10.2. The highest BCUT2D eigenvalue weighted by Crippen LogP contribution is 2.27. The van der Waals surface area contributed by atoms with Crippen molar-refractivity contribution in [2.45, 2.75) is 17.8 Å². The summed E-state index contributed by atoms with van der Waals surface area (Å²) in [5.74, 6) is 0.234. The largest absolute Gasteiger partial charge is 0.351 e. The molecule has 3 aromatic rings. The minimum Gasteiger partial charge on any atom is -0.351 e. The Bertz CT molecular complexity index is 883. The molecule has 0 aliphatic carbocycles. The van der Waals surface area contributed by atoms with E-state index >= 15 is 0 Å². The summed E-state index contributed by atoms with van der Waals surface area (Å²) in [6.07, 6.45) is 0. The number of amides is 1. The Morgan fingerprint density at radius 2 is 2.00 bits per heavy atom. The number of halogens is 1. The van der Waals surface area contributed by atoms with Crippen molar-refractivity contribution in [2.24, 2.45) is 0 Å². The van der Waals surface area contributed by atoms with Crippen molar-refractivity contribution in [2.75, 3.05) is 11.1 Å². The molecule has 0 spiro atoms. The van der Waals surface area contributed by atoms with E-state index in [-0.39, 0.29) is 5.91 Å². The summed E-state index contributed by atoms with van der Waals surface area (Å²) >= 11 is 8.72. The lowest BCUT2D eigenvalue weighted by Crippen LogP contribution is -2.24. The van der Waals surface area contributed by atoms with E-state index in [1.54, 1.807) is 6.07 Å². The SMILES string of the molecule is Cc1ccc(Nc2nnc(SCC(=O)NCc3cccc(Cl)c3)s2)cc1. The Morgan fingerprint density at radius 1 is 1.19 bits per heavy atom. The minimum atomic E-state index is -0.0572. The number of aromatic nitrogens is 2. The van der Waals surface area contributed by atoms with Gasteiger partial charge in [0.1, 0.15) is 0 Å². The highest BCUT2D eigenvalue weighted by molar-refractivity contribution is 8.01. The predicted octanol–water partition coefficient (Wildman–Crippen LogP) is 4.65. The van der Waals surface area contributed by atoms with Gasteiger partial charge in [-0.15, -0.1) is 10.2 Å². The number of nitrogens with zero attached hydrogens (tertiary/aromatic N) is 2. The second-order valence-electron chi connectivity index (χ2n) is 5.56. The smallest absolute Gasteiger partial charge is 0.230 e. The monoisotopic (exact) mass is 404 g/mol. The lowest BCUT2D eigenvalue weighted by molar-refractivity contribution is -0.118. The molecular weight excluding hydrogens is 388 g/mol. The van der Waals surface area contributed by atoms with Crippen molar-refractivity contribution in [1.29, 1.82) is 0 Å². The molecule has 134 valence electrons. The zero-order valence-corrected chi connectivity index (χ0v) is 16.4. The van der Waals surface area contributed by atoms with Crippen LogP contribution in [-0.4, -0.2) is 21.9 Å². The van der Waals surface area contributed by atoms with Gasteiger partial charge in [0, 0.05) is 17.3 Å². The number of hydrogen-bond acceptors (Lipinski definition) is 6. The second-order valence-corrected chi connectivity index (χ2v) is 8.20. The molecule has 0 fully saturated rings. The number of aryl methyl sites for hydroxylation is 1. The molecule has 8 heteroatoms. The molecule has 0 saturated heterocycles. The Morgan fingerprint density at radius 3 is 2.77 bits per heavy atom. The molecule has 26 heavy (non-hydrogen) atoms.